The first kappa shape index (κ1) is 10.5. The molecule has 0 aliphatic rings. The molecule has 1 aromatic carbocycles. The number of hydrogen-bond donors (Lipinski definition) is 1. The summed E-state index contributed by atoms with van der Waals surface area (Å²) in [5.41, 5.74) is 2.41. The summed E-state index contributed by atoms with van der Waals surface area (Å²) in [6.07, 6.45) is 1.03. The Bertz CT molecular complexity index is 419. The fourth-order valence-electron chi connectivity index (χ4n) is 1.90. The molecule has 1 atom stereocenters. The van der Waals surface area contributed by atoms with Crippen LogP contribution >= 0.6 is 0 Å². The molecule has 2 rings (SSSR count). The average molecular weight is 265 g/mol. The van der Waals surface area contributed by atoms with Crippen LogP contribution in [0, 0.1) is 0 Å². The molecule has 78 valence electrons. The van der Waals surface area contributed by atoms with E-state index in [1.165, 1.54) is 5.56 Å². The predicted octanol–water partition coefficient (Wildman–Crippen LogP) is 2.99. The molecule has 0 fully saturated rings. The molecular weight excluding hydrogens is 251 g/mol. The SMILES string of the molecule is CCC(c1ccccc1)c1cc[se]c1O. The van der Waals surface area contributed by atoms with Gasteiger partial charge in [0.05, 0.1) is 0 Å². The van der Waals surface area contributed by atoms with E-state index < -0.39 is 0 Å². The average Bonchev–Trinajstić information content (AvgIpc) is 2.68. The van der Waals surface area contributed by atoms with E-state index in [0.29, 0.717) is 10.5 Å². The first-order valence-electron chi connectivity index (χ1n) is 5.14. The zero-order valence-corrected chi connectivity index (χ0v) is 10.4. The third-order valence-electron chi connectivity index (χ3n) is 2.66. The van der Waals surface area contributed by atoms with Crippen molar-refractivity contribution in [2.75, 3.05) is 0 Å². The van der Waals surface area contributed by atoms with Crippen LogP contribution in [0.5, 0.6) is 4.62 Å². The summed E-state index contributed by atoms with van der Waals surface area (Å²) in [6.45, 7) is 2.16. The number of benzene rings is 1. The van der Waals surface area contributed by atoms with Crippen molar-refractivity contribution in [3.05, 3.63) is 52.5 Å². The molecule has 0 aliphatic heterocycles. The van der Waals surface area contributed by atoms with Crippen molar-refractivity contribution in [1.29, 1.82) is 0 Å². The van der Waals surface area contributed by atoms with Crippen LogP contribution in [0.25, 0.3) is 0 Å². The molecule has 2 aromatic rings. The molecule has 15 heavy (non-hydrogen) atoms. The van der Waals surface area contributed by atoms with Crippen molar-refractivity contribution in [2.24, 2.45) is 0 Å². The fourth-order valence-corrected chi connectivity index (χ4v) is 3.34. The van der Waals surface area contributed by atoms with Gasteiger partial charge in [0.1, 0.15) is 0 Å². The van der Waals surface area contributed by atoms with Crippen LogP contribution in [0.2, 0.25) is 0 Å². The normalized spacial score (nSPS) is 12.6. The van der Waals surface area contributed by atoms with Gasteiger partial charge in [0.15, 0.2) is 0 Å². The van der Waals surface area contributed by atoms with Crippen LogP contribution in [0.15, 0.2) is 41.3 Å². The van der Waals surface area contributed by atoms with Gasteiger partial charge >= 0.3 is 96.0 Å². The fraction of sp³-hybridized carbons (Fsp3) is 0.231. The van der Waals surface area contributed by atoms with Gasteiger partial charge in [0.25, 0.3) is 0 Å². The second kappa shape index (κ2) is 4.69. The molecular formula is C13H14OSe. The molecule has 2 heteroatoms. The summed E-state index contributed by atoms with van der Waals surface area (Å²) in [7, 11) is 0. The van der Waals surface area contributed by atoms with Crippen LogP contribution in [0.1, 0.15) is 30.4 Å². The third kappa shape index (κ3) is 2.17. The number of aromatic hydroxyl groups is 1. The van der Waals surface area contributed by atoms with Gasteiger partial charge in [0, 0.05) is 0 Å². The Labute approximate surface area is 96.1 Å². The standard InChI is InChI=1S/C13H14OSe/c1-2-11(10-6-4-3-5-7-10)12-8-9-15-13(12)14/h3-9,11,14H,2H2,1H3. The van der Waals surface area contributed by atoms with Gasteiger partial charge in [-0.2, -0.15) is 0 Å². The molecule has 1 nitrogen and oxygen atoms in total. The van der Waals surface area contributed by atoms with Gasteiger partial charge in [-0.1, -0.05) is 0 Å². The molecule has 0 aliphatic carbocycles. The Balaban J connectivity index is 2.37. The Morgan fingerprint density at radius 1 is 1.20 bits per heavy atom. The zero-order valence-electron chi connectivity index (χ0n) is 8.68. The molecule has 0 bridgehead atoms. The summed E-state index contributed by atoms with van der Waals surface area (Å²) in [5.74, 6) is 0.354. The van der Waals surface area contributed by atoms with Crippen molar-refractivity contribution in [1.82, 2.24) is 0 Å². The first-order chi connectivity index (χ1) is 7.33. The van der Waals surface area contributed by atoms with Crippen LogP contribution in [-0.2, 0) is 0 Å². The van der Waals surface area contributed by atoms with Crippen molar-refractivity contribution in [2.45, 2.75) is 19.3 Å². The molecule has 0 saturated heterocycles. The Morgan fingerprint density at radius 2 is 1.93 bits per heavy atom. The number of hydrogen-bond acceptors (Lipinski definition) is 1. The van der Waals surface area contributed by atoms with Crippen LogP contribution < -0.4 is 0 Å². The quantitative estimate of drug-likeness (QED) is 0.846. The topological polar surface area (TPSA) is 20.2 Å². The summed E-state index contributed by atoms with van der Waals surface area (Å²) in [4.78, 5) is 2.09. The monoisotopic (exact) mass is 266 g/mol. The molecule has 1 unspecified atom stereocenters. The Hall–Kier alpha value is -0.981. The molecule has 0 amide bonds. The number of rotatable bonds is 3. The van der Waals surface area contributed by atoms with Crippen LogP contribution in [-0.4, -0.2) is 19.6 Å². The van der Waals surface area contributed by atoms with E-state index in [1.54, 1.807) is 0 Å². The molecule has 0 spiro atoms. The zero-order chi connectivity index (χ0) is 10.7. The van der Waals surface area contributed by atoms with E-state index in [9.17, 15) is 5.11 Å². The van der Waals surface area contributed by atoms with E-state index in [0.717, 1.165) is 12.0 Å². The molecule has 0 saturated carbocycles. The van der Waals surface area contributed by atoms with Gasteiger partial charge in [0.2, 0.25) is 0 Å². The second-order valence-electron chi connectivity index (χ2n) is 3.55. The Morgan fingerprint density at radius 3 is 2.47 bits per heavy atom. The van der Waals surface area contributed by atoms with Crippen LogP contribution in [0.4, 0.5) is 0 Å². The summed E-state index contributed by atoms with van der Waals surface area (Å²) in [5, 5.41) is 9.80. The minimum absolute atomic E-state index is 0.164. The Kier molecular flexibility index (Phi) is 3.30. The van der Waals surface area contributed by atoms with Gasteiger partial charge in [-0.25, -0.2) is 0 Å². The second-order valence-corrected chi connectivity index (χ2v) is 5.43. The minimum atomic E-state index is 0.164. The maximum absolute atomic E-state index is 9.80. The van der Waals surface area contributed by atoms with E-state index in [1.807, 2.05) is 6.07 Å². The molecule has 1 N–H and O–H groups in total. The first-order valence-corrected chi connectivity index (χ1v) is 6.98. The van der Waals surface area contributed by atoms with E-state index in [2.05, 4.69) is 42.2 Å². The van der Waals surface area contributed by atoms with Gasteiger partial charge < -0.3 is 0 Å². The molecule has 1 heterocycles. The van der Waals surface area contributed by atoms with Crippen molar-refractivity contribution in [3.63, 3.8) is 0 Å². The maximum atomic E-state index is 9.80. The van der Waals surface area contributed by atoms with Crippen molar-refractivity contribution < 1.29 is 5.11 Å². The van der Waals surface area contributed by atoms with E-state index >= 15 is 0 Å². The van der Waals surface area contributed by atoms with Gasteiger partial charge in [-0.05, 0) is 0 Å². The van der Waals surface area contributed by atoms with E-state index in [4.69, 9.17) is 0 Å². The van der Waals surface area contributed by atoms with Gasteiger partial charge in [-0.15, -0.1) is 0 Å². The summed E-state index contributed by atoms with van der Waals surface area (Å²) >= 11 is 0.164. The van der Waals surface area contributed by atoms with Crippen molar-refractivity contribution >= 4 is 14.5 Å². The predicted molar refractivity (Wildman–Crippen MR) is 63.6 cm³/mol. The van der Waals surface area contributed by atoms with Crippen molar-refractivity contribution in [3.8, 4) is 4.62 Å². The van der Waals surface area contributed by atoms with Gasteiger partial charge in [-0.3, -0.25) is 0 Å². The summed E-state index contributed by atoms with van der Waals surface area (Å²) in [6, 6.07) is 12.5. The molecule has 1 aromatic heterocycles. The third-order valence-corrected chi connectivity index (χ3v) is 4.19. The summed E-state index contributed by atoms with van der Waals surface area (Å²) < 4.78 is 0.596. The molecule has 0 radical (unpaired) electrons. The van der Waals surface area contributed by atoms with Crippen LogP contribution in [0.3, 0.4) is 0 Å². The van der Waals surface area contributed by atoms with E-state index in [-0.39, 0.29) is 14.5 Å².